The highest BCUT2D eigenvalue weighted by Gasteiger charge is 2.26. The number of carbonyl (C=O) groups is 2. The van der Waals surface area contributed by atoms with Crippen LogP contribution in [0.5, 0.6) is 0 Å². The molecular weight excluding hydrogens is 306 g/mol. The SMILES string of the molecule is CC(C)(C)c1cccc2nc(C(CC(=O)O)C(=O)S)sc12. The summed E-state index contributed by atoms with van der Waals surface area (Å²) < 4.78 is 1.00. The van der Waals surface area contributed by atoms with Crippen molar-refractivity contribution in [1.82, 2.24) is 4.98 Å². The van der Waals surface area contributed by atoms with Crippen molar-refractivity contribution in [2.75, 3.05) is 0 Å². The predicted molar refractivity (Wildman–Crippen MR) is 87.3 cm³/mol. The molecule has 0 aliphatic heterocycles. The highest BCUT2D eigenvalue weighted by atomic mass is 32.1. The summed E-state index contributed by atoms with van der Waals surface area (Å²) in [6.07, 6.45) is -0.285. The first kappa shape index (κ1) is 16.0. The van der Waals surface area contributed by atoms with E-state index in [1.54, 1.807) is 0 Å². The highest BCUT2D eigenvalue weighted by molar-refractivity contribution is 7.96. The second-order valence-corrected chi connectivity index (χ2v) is 7.42. The summed E-state index contributed by atoms with van der Waals surface area (Å²) in [5, 5.41) is 9.00. The second kappa shape index (κ2) is 5.77. The van der Waals surface area contributed by atoms with Crippen LogP contribution in [0, 0.1) is 0 Å². The van der Waals surface area contributed by atoms with Crippen LogP contribution in [0.25, 0.3) is 10.2 Å². The first-order chi connectivity index (χ1) is 9.70. The zero-order valence-corrected chi connectivity index (χ0v) is 13.8. The number of carboxylic acid groups (broad SMARTS) is 1. The number of hydrogen-bond acceptors (Lipinski definition) is 4. The lowest BCUT2D eigenvalue weighted by Crippen LogP contribution is -2.12. The zero-order chi connectivity index (χ0) is 15.8. The van der Waals surface area contributed by atoms with Crippen LogP contribution in [0.4, 0.5) is 0 Å². The first-order valence-corrected chi connectivity index (χ1v) is 7.81. The van der Waals surface area contributed by atoms with Gasteiger partial charge in [0.2, 0.25) is 0 Å². The summed E-state index contributed by atoms with van der Waals surface area (Å²) in [5.74, 6) is -1.83. The van der Waals surface area contributed by atoms with E-state index in [1.165, 1.54) is 11.3 Å². The fourth-order valence-electron chi connectivity index (χ4n) is 2.16. The minimum atomic E-state index is -1.03. The van der Waals surface area contributed by atoms with Crippen molar-refractivity contribution in [3.63, 3.8) is 0 Å². The Balaban J connectivity index is 2.56. The maximum absolute atomic E-state index is 11.6. The zero-order valence-electron chi connectivity index (χ0n) is 12.1. The van der Waals surface area contributed by atoms with Gasteiger partial charge in [0.05, 0.1) is 22.6 Å². The van der Waals surface area contributed by atoms with Crippen LogP contribution in [0.2, 0.25) is 0 Å². The van der Waals surface area contributed by atoms with Crippen molar-refractivity contribution in [2.24, 2.45) is 0 Å². The van der Waals surface area contributed by atoms with Crippen LogP contribution in [0.1, 0.15) is 43.7 Å². The summed E-state index contributed by atoms with van der Waals surface area (Å²) in [6.45, 7) is 6.33. The number of nitrogens with zero attached hydrogens (tertiary/aromatic N) is 1. The van der Waals surface area contributed by atoms with Gasteiger partial charge >= 0.3 is 5.97 Å². The van der Waals surface area contributed by atoms with Gasteiger partial charge in [0.25, 0.3) is 0 Å². The van der Waals surface area contributed by atoms with Crippen LogP contribution in [-0.4, -0.2) is 21.2 Å². The van der Waals surface area contributed by atoms with E-state index in [0.29, 0.717) is 5.01 Å². The van der Waals surface area contributed by atoms with Gasteiger partial charge in [-0.15, -0.1) is 24.0 Å². The smallest absolute Gasteiger partial charge is 0.304 e. The number of rotatable bonds is 4. The maximum Gasteiger partial charge on any atom is 0.304 e. The van der Waals surface area contributed by atoms with Gasteiger partial charge in [-0.05, 0) is 17.0 Å². The van der Waals surface area contributed by atoms with Crippen LogP contribution < -0.4 is 0 Å². The maximum atomic E-state index is 11.6. The summed E-state index contributed by atoms with van der Waals surface area (Å²) in [4.78, 5) is 27.0. The Morgan fingerprint density at radius 1 is 1.38 bits per heavy atom. The molecule has 0 bridgehead atoms. The van der Waals surface area contributed by atoms with E-state index < -0.39 is 17.0 Å². The molecule has 0 radical (unpaired) electrons. The minimum absolute atomic E-state index is 0.0451. The number of hydrogen-bond donors (Lipinski definition) is 2. The quantitative estimate of drug-likeness (QED) is 0.844. The largest absolute Gasteiger partial charge is 0.481 e. The second-order valence-electron chi connectivity index (χ2n) is 5.94. The van der Waals surface area contributed by atoms with E-state index in [-0.39, 0.29) is 11.8 Å². The molecule has 0 fully saturated rings. The van der Waals surface area contributed by atoms with Crippen molar-refractivity contribution in [1.29, 1.82) is 0 Å². The third-order valence-corrected chi connectivity index (χ3v) is 4.74. The molecule has 1 aromatic heterocycles. The molecule has 0 saturated heterocycles. The van der Waals surface area contributed by atoms with E-state index in [2.05, 4.69) is 38.4 Å². The number of thiol groups is 1. The number of aliphatic carboxylic acids is 1. The fourth-order valence-corrected chi connectivity index (χ4v) is 3.85. The number of carboxylic acids is 1. The lowest BCUT2D eigenvalue weighted by atomic mass is 9.87. The van der Waals surface area contributed by atoms with E-state index in [0.717, 1.165) is 15.8 Å². The number of thiazole rings is 1. The van der Waals surface area contributed by atoms with E-state index >= 15 is 0 Å². The molecular formula is C15H17NO3S2. The van der Waals surface area contributed by atoms with Gasteiger partial charge in [-0.2, -0.15) is 0 Å². The van der Waals surface area contributed by atoms with Gasteiger partial charge in [-0.3, -0.25) is 9.59 Å². The topological polar surface area (TPSA) is 67.3 Å². The lowest BCUT2D eigenvalue weighted by molar-refractivity contribution is -0.138. The molecule has 0 aliphatic rings. The van der Waals surface area contributed by atoms with Crippen LogP contribution in [0.15, 0.2) is 18.2 Å². The first-order valence-electron chi connectivity index (χ1n) is 6.54. The Labute approximate surface area is 132 Å². The third-order valence-electron chi connectivity index (χ3n) is 3.21. The monoisotopic (exact) mass is 323 g/mol. The predicted octanol–water partition coefficient (Wildman–Crippen LogP) is 3.61. The molecule has 1 unspecified atom stereocenters. The van der Waals surface area contributed by atoms with Crippen molar-refractivity contribution >= 4 is 45.3 Å². The number of aromatic nitrogens is 1. The van der Waals surface area contributed by atoms with E-state index in [9.17, 15) is 9.59 Å². The minimum Gasteiger partial charge on any atom is -0.481 e. The van der Waals surface area contributed by atoms with Crippen LogP contribution in [-0.2, 0) is 15.0 Å². The molecule has 6 heteroatoms. The van der Waals surface area contributed by atoms with Crippen LogP contribution >= 0.6 is 24.0 Å². The molecule has 0 spiro atoms. The molecule has 2 aromatic rings. The summed E-state index contributed by atoms with van der Waals surface area (Å²) >= 11 is 5.19. The average molecular weight is 323 g/mol. The van der Waals surface area contributed by atoms with Crippen molar-refractivity contribution < 1.29 is 14.7 Å². The molecule has 112 valence electrons. The molecule has 0 aliphatic carbocycles. The normalized spacial score (nSPS) is 13.3. The highest BCUT2D eigenvalue weighted by Crippen LogP contribution is 2.37. The fraction of sp³-hybridized carbons (Fsp3) is 0.400. The Bertz CT molecular complexity index is 700. The number of benzene rings is 1. The van der Waals surface area contributed by atoms with Gasteiger partial charge in [0.15, 0.2) is 5.12 Å². The third kappa shape index (κ3) is 3.44. The summed E-state index contributed by atoms with van der Waals surface area (Å²) in [5.41, 5.74) is 1.90. The van der Waals surface area contributed by atoms with Gasteiger partial charge < -0.3 is 5.11 Å². The molecule has 1 atom stereocenters. The molecule has 21 heavy (non-hydrogen) atoms. The average Bonchev–Trinajstić information content (AvgIpc) is 2.76. The Morgan fingerprint density at radius 2 is 2.05 bits per heavy atom. The van der Waals surface area contributed by atoms with Gasteiger partial charge in [0, 0.05) is 0 Å². The molecule has 4 nitrogen and oxygen atoms in total. The Kier molecular flexibility index (Phi) is 4.39. The van der Waals surface area contributed by atoms with Gasteiger partial charge in [-0.25, -0.2) is 4.98 Å². The summed E-state index contributed by atoms with van der Waals surface area (Å²) in [7, 11) is 0. The standard InChI is InChI=1S/C15H17NO3S2/c1-15(2,3)9-5-4-6-10-12(9)21-13(16-10)8(14(19)20)7-11(17)18/h4-6,8H,7H2,1-3H3,(H,17,18)(H,19,20). The molecule has 1 N–H and O–H groups in total. The van der Waals surface area contributed by atoms with Crippen molar-refractivity contribution in [3.8, 4) is 0 Å². The Hall–Kier alpha value is -1.40. The lowest BCUT2D eigenvalue weighted by Gasteiger charge is -2.19. The van der Waals surface area contributed by atoms with Gasteiger partial charge in [0.1, 0.15) is 5.01 Å². The van der Waals surface area contributed by atoms with Gasteiger partial charge in [-0.1, -0.05) is 32.9 Å². The number of fused-ring (bicyclic) bond motifs is 1. The van der Waals surface area contributed by atoms with E-state index in [4.69, 9.17) is 5.11 Å². The van der Waals surface area contributed by atoms with Crippen LogP contribution in [0.3, 0.4) is 0 Å². The van der Waals surface area contributed by atoms with Crippen molar-refractivity contribution in [2.45, 2.75) is 38.5 Å². The number of carbonyl (C=O) groups excluding carboxylic acids is 1. The molecule has 1 aromatic carbocycles. The molecule has 0 amide bonds. The van der Waals surface area contributed by atoms with Crippen molar-refractivity contribution in [3.05, 3.63) is 28.8 Å². The Morgan fingerprint density at radius 3 is 2.57 bits per heavy atom. The summed E-state index contributed by atoms with van der Waals surface area (Å²) in [6, 6.07) is 5.85. The van der Waals surface area contributed by atoms with E-state index in [1.807, 2.05) is 18.2 Å². The molecule has 1 heterocycles. The molecule has 2 rings (SSSR count). The molecule has 0 saturated carbocycles.